The summed E-state index contributed by atoms with van der Waals surface area (Å²) in [5, 5.41) is 0. The van der Waals surface area contributed by atoms with Crippen LogP contribution < -0.4 is 15.4 Å². The molecule has 0 amide bonds. The van der Waals surface area contributed by atoms with E-state index in [1.807, 2.05) is 24.3 Å². The minimum absolute atomic E-state index is 0.0790. The van der Waals surface area contributed by atoms with Crippen molar-refractivity contribution in [2.45, 2.75) is 84.5 Å². The van der Waals surface area contributed by atoms with E-state index in [4.69, 9.17) is 10.5 Å². The second-order valence-electron chi connectivity index (χ2n) is 13.9. The number of fused-ring (bicyclic) bond motifs is 2. The summed E-state index contributed by atoms with van der Waals surface area (Å²) < 4.78 is 9.29. The molecule has 0 fully saturated rings. The first-order valence-corrected chi connectivity index (χ1v) is 17.1. The zero-order valence-electron chi connectivity index (χ0n) is 28.6. The van der Waals surface area contributed by atoms with Crippen LogP contribution in [0.3, 0.4) is 0 Å². The van der Waals surface area contributed by atoms with Gasteiger partial charge in [0.1, 0.15) is 18.1 Å². The van der Waals surface area contributed by atoms with Gasteiger partial charge >= 0.3 is 0 Å². The van der Waals surface area contributed by atoms with Gasteiger partial charge in [0.25, 0.3) is 0 Å². The molecule has 4 heteroatoms. The maximum absolute atomic E-state index is 6.78. The van der Waals surface area contributed by atoms with E-state index in [2.05, 4.69) is 124 Å². The predicted molar refractivity (Wildman–Crippen MR) is 194 cm³/mol. The quantitative estimate of drug-likeness (QED) is 0.193. The molecule has 2 heterocycles. The zero-order chi connectivity index (χ0) is 32.5. The Balaban J connectivity index is 1.44. The van der Waals surface area contributed by atoms with Crippen LogP contribution in [0.1, 0.15) is 84.8 Å². The summed E-state index contributed by atoms with van der Waals surface area (Å²) in [5.74, 6) is 1.78. The van der Waals surface area contributed by atoms with Gasteiger partial charge < -0.3 is 15.4 Å². The molecule has 0 spiro atoms. The number of benzene rings is 3. The smallest absolute Gasteiger partial charge is 0.209 e. The first-order valence-electron chi connectivity index (χ1n) is 17.1. The number of nitrogens with zero attached hydrogens (tertiary/aromatic N) is 2. The molecule has 2 aliphatic heterocycles. The molecule has 3 aromatic carbocycles. The average Bonchev–Trinajstić information content (AvgIpc) is 3.39. The van der Waals surface area contributed by atoms with Gasteiger partial charge in [-0.3, -0.25) is 0 Å². The number of ether oxygens (including phenoxy) is 1. The van der Waals surface area contributed by atoms with Crippen molar-refractivity contribution in [2.24, 2.45) is 0 Å². The number of hydrogen-bond acceptors (Lipinski definition) is 3. The molecule has 4 nitrogen and oxygen atoms in total. The number of nitrogens with two attached hydrogens (primary N) is 1. The molecule has 3 aromatic rings. The summed E-state index contributed by atoms with van der Waals surface area (Å²) in [6, 6.07) is 25.5. The Hall–Kier alpha value is -4.31. The minimum Gasteiger partial charge on any atom is -0.457 e. The monoisotopic (exact) mass is 612 g/mol. The van der Waals surface area contributed by atoms with E-state index in [0.717, 1.165) is 62.4 Å². The lowest BCUT2D eigenvalue weighted by atomic mass is 9.81. The van der Waals surface area contributed by atoms with Gasteiger partial charge in [0, 0.05) is 53.2 Å². The predicted octanol–water partition coefficient (Wildman–Crippen LogP) is 10.1. The molecule has 238 valence electrons. The Morgan fingerprint density at radius 1 is 0.804 bits per heavy atom. The Bertz CT molecular complexity index is 1760. The molecule has 46 heavy (non-hydrogen) atoms. The molecular weight excluding hydrogens is 562 g/mol. The fourth-order valence-corrected chi connectivity index (χ4v) is 7.58. The van der Waals surface area contributed by atoms with Crippen LogP contribution in [-0.2, 0) is 10.8 Å². The van der Waals surface area contributed by atoms with Gasteiger partial charge in [-0.15, -0.1) is 0 Å². The SMILES string of the molecule is CCCN1C(=CC=C2CCCC(C=CC3=[N+](CCC)c4ccccc4C3(C)C)=C2Oc2ccc(N)cc2)C(C)(C)c2ccccc21. The van der Waals surface area contributed by atoms with Gasteiger partial charge in [0.15, 0.2) is 5.71 Å². The number of para-hydroxylation sites is 2. The summed E-state index contributed by atoms with van der Waals surface area (Å²) in [6.07, 6.45) is 14.6. The van der Waals surface area contributed by atoms with Gasteiger partial charge in [-0.05, 0) is 98.7 Å². The van der Waals surface area contributed by atoms with E-state index in [1.54, 1.807) is 0 Å². The highest BCUT2D eigenvalue weighted by Gasteiger charge is 2.44. The van der Waals surface area contributed by atoms with E-state index in [1.165, 1.54) is 45.1 Å². The Kier molecular flexibility index (Phi) is 8.83. The highest BCUT2D eigenvalue weighted by molar-refractivity contribution is 6.03. The van der Waals surface area contributed by atoms with E-state index in [0.29, 0.717) is 0 Å². The third-order valence-electron chi connectivity index (χ3n) is 9.95. The highest BCUT2D eigenvalue weighted by atomic mass is 16.5. The molecule has 0 unspecified atom stereocenters. The van der Waals surface area contributed by atoms with Crippen LogP contribution >= 0.6 is 0 Å². The summed E-state index contributed by atoms with van der Waals surface area (Å²) in [7, 11) is 0. The molecule has 6 rings (SSSR count). The van der Waals surface area contributed by atoms with Crippen molar-refractivity contribution in [1.29, 1.82) is 0 Å². The van der Waals surface area contributed by atoms with Crippen LogP contribution in [-0.4, -0.2) is 23.4 Å². The number of hydrogen-bond donors (Lipinski definition) is 1. The Morgan fingerprint density at radius 2 is 1.52 bits per heavy atom. The summed E-state index contributed by atoms with van der Waals surface area (Å²) in [4.78, 5) is 2.51. The van der Waals surface area contributed by atoms with Crippen molar-refractivity contribution in [3.8, 4) is 5.75 Å². The lowest BCUT2D eigenvalue weighted by Crippen LogP contribution is -2.28. The molecule has 0 aromatic heterocycles. The Morgan fingerprint density at radius 3 is 2.26 bits per heavy atom. The van der Waals surface area contributed by atoms with Crippen LogP contribution in [0.5, 0.6) is 5.75 Å². The summed E-state index contributed by atoms with van der Waals surface area (Å²) >= 11 is 0. The standard InChI is InChI=1S/C42H50N3O/c1-7-28-44-36-18-11-9-16-34(36)41(3,4)38(44)26-20-30-14-13-15-31(40(30)46-33-24-22-32(43)23-25-33)21-27-39-42(5,6)35-17-10-12-19-37(35)45(39)29-8-2/h9-12,16-27H,7-8,13-15,28-29,43H2,1-6H3/q+1. The number of nitrogen functional groups attached to an aromatic ring is 1. The van der Waals surface area contributed by atoms with Gasteiger partial charge in [0.05, 0.1) is 5.41 Å². The highest BCUT2D eigenvalue weighted by Crippen LogP contribution is 2.48. The second kappa shape index (κ2) is 12.8. The average molecular weight is 613 g/mol. The van der Waals surface area contributed by atoms with Crippen molar-refractivity contribution in [3.63, 3.8) is 0 Å². The van der Waals surface area contributed by atoms with E-state index < -0.39 is 0 Å². The third-order valence-corrected chi connectivity index (χ3v) is 9.95. The largest absolute Gasteiger partial charge is 0.457 e. The van der Waals surface area contributed by atoms with Crippen LogP contribution in [0.25, 0.3) is 0 Å². The van der Waals surface area contributed by atoms with Crippen LogP contribution in [0.15, 0.2) is 120 Å². The molecule has 3 aliphatic rings. The van der Waals surface area contributed by atoms with Crippen LogP contribution in [0.4, 0.5) is 17.1 Å². The van der Waals surface area contributed by atoms with E-state index >= 15 is 0 Å². The first-order chi connectivity index (χ1) is 22.2. The molecule has 0 bridgehead atoms. The number of anilines is 2. The van der Waals surface area contributed by atoms with Crippen molar-refractivity contribution >= 4 is 22.8 Å². The first kappa shape index (κ1) is 31.7. The minimum atomic E-state index is -0.0790. The van der Waals surface area contributed by atoms with Crippen LogP contribution in [0.2, 0.25) is 0 Å². The molecule has 2 N–H and O–H groups in total. The molecule has 0 saturated carbocycles. The van der Waals surface area contributed by atoms with Crippen molar-refractivity contribution < 1.29 is 9.31 Å². The van der Waals surface area contributed by atoms with Crippen molar-refractivity contribution in [2.75, 3.05) is 23.7 Å². The normalized spacial score (nSPS) is 20.3. The number of allylic oxidation sites excluding steroid dienone is 7. The maximum atomic E-state index is 6.78. The second-order valence-corrected chi connectivity index (χ2v) is 13.9. The lowest BCUT2D eigenvalue weighted by Gasteiger charge is -2.27. The summed E-state index contributed by atoms with van der Waals surface area (Å²) in [6.45, 7) is 15.9. The fraction of sp³-hybridized carbons (Fsp3) is 0.357. The van der Waals surface area contributed by atoms with Gasteiger partial charge in [-0.25, -0.2) is 0 Å². The van der Waals surface area contributed by atoms with Crippen molar-refractivity contribution in [3.05, 3.63) is 131 Å². The van der Waals surface area contributed by atoms with E-state index in [-0.39, 0.29) is 10.8 Å². The molecular formula is C42H50N3O+. The topological polar surface area (TPSA) is 41.5 Å². The Labute approximate surface area is 276 Å². The molecule has 0 saturated heterocycles. The molecule has 1 aliphatic carbocycles. The van der Waals surface area contributed by atoms with Gasteiger partial charge in [0.2, 0.25) is 5.69 Å². The van der Waals surface area contributed by atoms with Crippen molar-refractivity contribution in [1.82, 2.24) is 0 Å². The van der Waals surface area contributed by atoms with Gasteiger partial charge in [-0.1, -0.05) is 70.2 Å². The number of rotatable bonds is 9. The van der Waals surface area contributed by atoms with E-state index in [9.17, 15) is 0 Å². The van der Waals surface area contributed by atoms with Crippen LogP contribution in [0, 0.1) is 0 Å². The van der Waals surface area contributed by atoms with Gasteiger partial charge in [-0.2, -0.15) is 4.58 Å². The third kappa shape index (κ3) is 5.75. The fourth-order valence-electron chi connectivity index (χ4n) is 7.58. The maximum Gasteiger partial charge on any atom is 0.209 e. The zero-order valence-corrected chi connectivity index (χ0v) is 28.6. The molecule has 0 atom stereocenters. The molecule has 0 radical (unpaired) electrons. The lowest BCUT2D eigenvalue weighted by molar-refractivity contribution is -0.437. The summed E-state index contributed by atoms with van der Waals surface area (Å²) in [5.41, 5.74) is 17.2.